The number of fused-ring (bicyclic) bond motifs is 1. The average molecular weight is 336 g/mol. The molecule has 0 amide bonds. The van der Waals surface area contributed by atoms with Crippen molar-refractivity contribution in [3.05, 3.63) is 69.5 Å². The lowest BCUT2D eigenvalue weighted by Crippen LogP contribution is -2.20. The second kappa shape index (κ2) is 5.50. The minimum Gasteiger partial charge on any atom is -0.331 e. The van der Waals surface area contributed by atoms with Gasteiger partial charge in [0.2, 0.25) is 0 Å². The van der Waals surface area contributed by atoms with Gasteiger partial charge in [0.15, 0.2) is 4.77 Å². The smallest absolute Gasteiger partial charge is 0.266 e. The largest absolute Gasteiger partial charge is 0.331 e. The fourth-order valence-corrected chi connectivity index (χ4v) is 3.00. The summed E-state index contributed by atoms with van der Waals surface area (Å²) in [7, 11) is 0. The highest BCUT2D eigenvalue weighted by Gasteiger charge is 2.10. The molecule has 0 unspecified atom stereocenters. The zero-order valence-corrected chi connectivity index (χ0v) is 13.5. The molecule has 0 aliphatic rings. The van der Waals surface area contributed by atoms with Crippen LogP contribution in [0.4, 0.5) is 0 Å². The summed E-state index contributed by atoms with van der Waals surface area (Å²) in [5.74, 6) is 0. The topological polar surface area (TPSA) is 81.4 Å². The fraction of sp³-hybridized carbons (Fsp3) is 0.0625. The molecule has 24 heavy (non-hydrogen) atoms. The van der Waals surface area contributed by atoms with Crippen LogP contribution in [0.3, 0.4) is 0 Å². The van der Waals surface area contributed by atoms with E-state index in [2.05, 4.69) is 20.5 Å². The molecule has 0 saturated carbocycles. The normalized spacial score (nSPS) is 11.0. The van der Waals surface area contributed by atoms with Gasteiger partial charge in [-0.25, -0.2) is 4.68 Å². The highest BCUT2D eigenvalue weighted by molar-refractivity contribution is 7.71. The molecule has 2 heterocycles. The number of para-hydroxylation sites is 1. The van der Waals surface area contributed by atoms with Gasteiger partial charge in [0, 0.05) is 0 Å². The van der Waals surface area contributed by atoms with Gasteiger partial charge in [-0.3, -0.25) is 9.36 Å². The van der Waals surface area contributed by atoms with Gasteiger partial charge in [-0.2, -0.15) is 0 Å². The number of aryl methyl sites for hydroxylation is 1. The van der Waals surface area contributed by atoms with Crippen molar-refractivity contribution in [3.8, 4) is 11.4 Å². The van der Waals surface area contributed by atoms with E-state index >= 15 is 0 Å². The third-order valence-corrected chi connectivity index (χ3v) is 4.12. The van der Waals surface area contributed by atoms with E-state index in [-0.39, 0.29) is 5.56 Å². The molecule has 0 fully saturated rings. The third-order valence-electron chi connectivity index (χ3n) is 3.84. The first kappa shape index (κ1) is 14.5. The van der Waals surface area contributed by atoms with Crippen molar-refractivity contribution in [1.82, 2.24) is 29.8 Å². The maximum absolute atomic E-state index is 12.8. The van der Waals surface area contributed by atoms with Crippen molar-refractivity contribution < 1.29 is 0 Å². The summed E-state index contributed by atoms with van der Waals surface area (Å²) in [5.41, 5.74) is 3.04. The van der Waals surface area contributed by atoms with Gasteiger partial charge in [0.25, 0.3) is 5.56 Å². The van der Waals surface area contributed by atoms with E-state index in [9.17, 15) is 4.79 Å². The minimum absolute atomic E-state index is 0.149. The summed E-state index contributed by atoms with van der Waals surface area (Å²) >= 11 is 5.37. The molecule has 2 aromatic carbocycles. The Hall–Kier alpha value is -3.13. The first-order chi connectivity index (χ1) is 11.6. The average Bonchev–Trinajstić information content (AvgIpc) is 3.09. The monoisotopic (exact) mass is 336 g/mol. The summed E-state index contributed by atoms with van der Waals surface area (Å²) in [5, 5.41) is 11.8. The van der Waals surface area contributed by atoms with Gasteiger partial charge in [-0.1, -0.05) is 12.1 Å². The van der Waals surface area contributed by atoms with E-state index in [0.717, 1.165) is 16.8 Å². The lowest BCUT2D eigenvalue weighted by atomic mass is 10.1. The molecule has 0 saturated heterocycles. The first-order valence-electron chi connectivity index (χ1n) is 7.23. The Labute approximate surface area is 141 Å². The third kappa shape index (κ3) is 2.24. The van der Waals surface area contributed by atoms with Gasteiger partial charge in [-0.05, 0) is 65.5 Å². The minimum atomic E-state index is -0.149. The quantitative estimate of drug-likeness (QED) is 0.568. The van der Waals surface area contributed by atoms with Crippen LogP contribution in [0.15, 0.2) is 53.6 Å². The molecule has 2 aromatic heterocycles. The van der Waals surface area contributed by atoms with Crippen LogP contribution in [0.5, 0.6) is 0 Å². The Morgan fingerprint density at radius 3 is 2.75 bits per heavy atom. The molecule has 0 atom stereocenters. The van der Waals surface area contributed by atoms with Crippen molar-refractivity contribution in [2.75, 3.05) is 0 Å². The number of hydrogen-bond acceptors (Lipinski definition) is 5. The zero-order chi connectivity index (χ0) is 16.7. The van der Waals surface area contributed by atoms with E-state index in [4.69, 9.17) is 12.2 Å². The van der Waals surface area contributed by atoms with Gasteiger partial charge in [0.05, 0.1) is 22.3 Å². The molecule has 0 aliphatic carbocycles. The number of rotatable bonds is 2. The van der Waals surface area contributed by atoms with Crippen molar-refractivity contribution in [2.45, 2.75) is 6.92 Å². The van der Waals surface area contributed by atoms with Crippen LogP contribution in [-0.2, 0) is 0 Å². The molecule has 0 aliphatic heterocycles. The molecule has 118 valence electrons. The maximum Gasteiger partial charge on any atom is 0.266 e. The highest BCUT2D eigenvalue weighted by Crippen LogP contribution is 2.17. The number of H-pyrrole nitrogens is 1. The lowest BCUT2D eigenvalue weighted by molar-refractivity contribution is 0.784. The maximum atomic E-state index is 12.8. The van der Waals surface area contributed by atoms with Crippen molar-refractivity contribution in [2.24, 2.45) is 0 Å². The predicted molar refractivity (Wildman–Crippen MR) is 92.2 cm³/mol. The zero-order valence-electron chi connectivity index (χ0n) is 12.7. The molecular formula is C16H12N6OS. The number of benzene rings is 2. The molecule has 4 rings (SSSR count). The number of aromatic amines is 1. The number of hydrogen-bond donors (Lipinski definition) is 1. The van der Waals surface area contributed by atoms with Crippen LogP contribution in [0, 0.1) is 11.7 Å². The van der Waals surface area contributed by atoms with Crippen LogP contribution < -0.4 is 5.56 Å². The standard InChI is InChI=1S/C16H12N6OS/c1-10-8-11(6-7-14(10)21-9-17-19-20-21)22-15(23)12-4-2-3-5-13(12)18-16(22)24/h2-9H,1H3,(H,18,24). The Morgan fingerprint density at radius 1 is 1.17 bits per heavy atom. The van der Waals surface area contributed by atoms with Crippen LogP contribution in [0.1, 0.15) is 5.56 Å². The number of nitrogens with one attached hydrogen (secondary N) is 1. The van der Waals surface area contributed by atoms with Crippen molar-refractivity contribution in [3.63, 3.8) is 0 Å². The predicted octanol–water partition coefficient (Wildman–Crippen LogP) is 2.33. The molecular weight excluding hydrogens is 324 g/mol. The van der Waals surface area contributed by atoms with Crippen LogP contribution in [0.25, 0.3) is 22.3 Å². The molecule has 8 heteroatoms. The van der Waals surface area contributed by atoms with E-state index < -0.39 is 0 Å². The van der Waals surface area contributed by atoms with Gasteiger partial charge < -0.3 is 4.98 Å². The second-order valence-electron chi connectivity index (χ2n) is 5.34. The second-order valence-corrected chi connectivity index (χ2v) is 5.73. The molecule has 0 spiro atoms. The Balaban J connectivity index is 1.94. The van der Waals surface area contributed by atoms with Crippen LogP contribution in [-0.4, -0.2) is 29.8 Å². The Bertz CT molecular complexity index is 1160. The molecule has 4 aromatic rings. The van der Waals surface area contributed by atoms with Crippen molar-refractivity contribution in [1.29, 1.82) is 0 Å². The molecule has 0 bridgehead atoms. The van der Waals surface area contributed by atoms with Gasteiger partial charge in [0.1, 0.15) is 6.33 Å². The van der Waals surface area contributed by atoms with E-state index in [1.807, 2.05) is 43.3 Å². The van der Waals surface area contributed by atoms with Crippen LogP contribution in [0.2, 0.25) is 0 Å². The van der Waals surface area contributed by atoms with Gasteiger partial charge >= 0.3 is 0 Å². The van der Waals surface area contributed by atoms with E-state index in [1.165, 1.54) is 10.9 Å². The summed E-state index contributed by atoms with van der Waals surface area (Å²) in [6, 6.07) is 12.9. The number of nitrogens with zero attached hydrogens (tertiary/aromatic N) is 5. The Morgan fingerprint density at radius 2 is 2.00 bits per heavy atom. The SMILES string of the molecule is Cc1cc(-n2c(=S)[nH]c3ccccc3c2=O)ccc1-n1cnnn1. The van der Waals surface area contributed by atoms with E-state index in [0.29, 0.717) is 15.8 Å². The van der Waals surface area contributed by atoms with Crippen LogP contribution >= 0.6 is 12.2 Å². The highest BCUT2D eigenvalue weighted by atomic mass is 32.1. The van der Waals surface area contributed by atoms with E-state index in [1.54, 1.807) is 10.7 Å². The number of aromatic nitrogens is 6. The summed E-state index contributed by atoms with van der Waals surface area (Å²) in [6.45, 7) is 1.93. The summed E-state index contributed by atoms with van der Waals surface area (Å²) < 4.78 is 3.42. The van der Waals surface area contributed by atoms with Crippen molar-refractivity contribution >= 4 is 23.1 Å². The molecule has 7 nitrogen and oxygen atoms in total. The van der Waals surface area contributed by atoms with Gasteiger partial charge in [-0.15, -0.1) is 5.10 Å². The number of tetrazole rings is 1. The lowest BCUT2D eigenvalue weighted by Gasteiger charge is -2.11. The molecule has 1 N–H and O–H groups in total. The molecule has 0 radical (unpaired) electrons. The summed E-state index contributed by atoms with van der Waals surface area (Å²) in [6.07, 6.45) is 1.52. The first-order valence-corrected chi connectivity index (χ1v) is 7.64. The Kier molecular flexibility index (Phi) is 3.31. The fourth-order valence-electron chi connectivity index (χ4n) is 2.70. The summed E-state index contributed by atoms with van der Waals surface area (Å²) in [4.78, 5) is 15.9.